The highest BCUT2D eigenvalue weighted by Gasteiger charge is 2.44. The number of fused-ring (bicyclic) bond motifs is 3. The first-order valence-corrected chi connectivity index (χ1v) is 11.9. The van der Waals surface area contributed by atoms with Gasteiger partial charge in [-0.25, -0.2) is 4.79 Å². The van der Waals surface area contributed by atoms with Crippen LogP contribution in [0.5, 0.6) is 0 Å². The Morgan fingerprint density at radius 2 is 1.62 bits per heavy atom. The molecule has 0 heterocycles. The third-order valence-electron chi connectivity index (χ3n) is 7.02. The molecule has 0 radical (unpaired) electrons. The van der Waals surface area contributed by atoms with Crippen molar-refractivity contribution in [2.24, 2.45) is 11.3 Å². The van der Waals surface area contributed by atoms with E-state index in [1.54, 1.807) is 0 Å². The number of carboxylic acids is 1. The van der Waals surface area contributed by atoms with Gasteiger partial charge < -0.3 is 20.5 Å². The quantitative estimate of drug-likeness (QED) is 0.513. The molecule has 2 amide bonds. The average molecular weight is 465 g/mol. The second-order valence-electron chi connectivity index (χ2n) is 9.81. The maximum absolute atomic E-state index is 12.8. The van der Waals surface area contributed by atoms with Crippen LogP contribution in [0, 0.1) is 11.3 Å². The lowest BCUT2D eigenvalue weighted by Gasteiger charge is -2.38. The lowest BCUT2D eigenvalue weighted by atomic mass is 9.69. The third-order valence-corrected chi connectivity index (χ3v) is 7.02. The van der Waals surface area contributed by atoms with Gasteiger partial charge in [-0.05, 0) is 47.4 Å². The van der Waals surface area contributed by atoms with Crippen LogP contribution in [0.2, 0.25) is 0 Å². The van der Waals surface area contributed by atoms with Crippen molar-refractivity contribution >= 4 is 18.0 Å². The summed E-state index contributed by atoms with van der Waals surface area (Å²) in [4.78, 5) is 37.1. The number of benzene rings is 2. The van der Waals surface area contributed by atoms with Crippen LogP contribution in [0.1, 0.15) is 56.6 Å². The van der Waals surface area contributed by atoms with Crippen molar-refractivity contribution in [2.75, 3.05) is 13.2 Å². The second kappa shape index (κ2) is 9.87. The molecule has 7 nitrogen and oxygen atoms in total. The maximum Gasteiger partial charge on any atom is 0.407 e. The number of carbonyl (C=O) groups is 3. The van der Waals surface area contributed by atoms with Gasteiger partial charge in [0, 0.05) is 12.5 Å². The van der Waals surface area contributed by atoms with Gasteiger partial charge in [0.1, 0.15) is 12.6 Å². The van der Waals surface area contributed by atoms with E-state index in [1.165, 1.54) is 0 Å². The summed E-state index contributed by atoms with van der Waals surface area (Å²) in [6, 6.07) is 15.4. The molecule has 2 aromatic rings. The van der Waals surface area contributed by atoms with Crippen molar-refractivity contribution in [3.8, 4) is 11.1 Å². The lowest BCUT2D eigenvalue weighted by molar-refractivity contribution is -0.154. The fourth-order valence-corrected chi connectivity index (χ4v) is 4.93. The van der Waals surface area contributed by atoms with Crippen LogP contribution < -0.4 is 10.6 Å². The van der Waals surface area contributed by atoms with Gasteiger partial charge >= 0.3 is 12.1 Å². The Bertz CT molecular complexity index is 1030. The molecule has 0 bridgehead atoms. The Hall–Kier alpha value is -3.35. The third kappa shape index (κ3) is 4.79. The first-order chi connectivity index (χ1) is 16.3. The van der Waals surface area contributed by atoms with Gasteiger partial charge in [0.25, 0.3) is 0 Å². The molecule has 7 heteroatoms. The number of hydrogen-bond acceptors (Lipinski definition) is 4. The van der Waals surface area contributed by atoms with Crippen molar-refractivity contribution in [1.82, 2.24) is 10.6 Å². The van der Waals surface area contributed by atoms with Gasteiger partial charge in [0.2, 0.25) is 5.91 Å². The van der Waals surface area contributed by atoms with Gasteiger partial charge in [-0.1, -0.05) is 68.8 Å². The van der Waals surface area contributed by atoms with E-state index in [2.05, 4.69) is 34.9 Å². The number of aliphatic carboxylic acids is 1. The molecule has 0 aliphatic heterocycles. The number of hydrogen-bond donors (Lipinski definition) is 3. The summed E-state index contributed by atoms with van der Waals surface area (Å²) in [7, 11) is 0. The first kappa shape index (κ1) is 23.8. The summed E-state index contributed by atoms with van der Waals surface area (Å²) in [5.41, 5.74) is 3.64. The Morgan fingerprint density at radius 1 is 1.03 bits per heavy atom. The SMILES string of the molecule is CC(C)CC(NC(=O)OCC1c2ccccc2-c2ccccc21)C(=O)NCC1(C(=O)O)CCC1. The molecule has 0 saturated heterocycles. The van der Waals surface area contributed by atoms with Crippen molar-refractivity contribution in [2.45, 2.75) is 51.5 Å². The molecule has 180 valence electrons. The number of rotatable bonds is 9. The van der Waals surface area contributed by atoms with Gasteiger partial charge in [-0.15, -0.1) is 0 Å². The Balaban J connectivity index is 1.38. The van der Waals surface area contributed by atoms with Crippen LogP contribution in [-0.2, 0) is 14.3 Å². The number of amides is 2. The minimum atomic E-state index is -0.887. The van der Waals surface area contributed by atoms with E-state index >= 15 is 0 Å². The predicted octanol–water partition coefficient (Wildman–Crippen LogP) is 4.31. The van der Waals surface area contributed by atoms with E-state index in [0.29, 0.717) is 19.3 Å². The number of carboxylic acid groups (broad SMARTS) is 1. The fraction of sp³-hybridized carbons (Fsp3) is 0.444. The van der Waals surface area contributed by atoms with Crippen molar-refractivity contribution in [1.29, 1.82) is 0 Å². The molecular formula is C27H32N2O5. The molecule has 2 aliphatic carbocycles. The van der Waals surface area contributed by atoms with Gasteiger partial charge in [0.15, 0.2) is 0 Å². The van der Waals surface area contributed by atoms with E-state index in [4.69, 9.17) is 4.74 Å². The van der Waals surface area contributed by atoms with Crippen LogP contribution in [-0.4, -0.2) is 42.3 Å². The molecule has 3 N–H and O–H groups in total. The average Bonchev–Trinajstić information content (AvgIpc) is 3.09. The zero-order chi connectivity index (χ0) is 24.3. The van der Waals surface area contributed by atoms with Crippen LogP contribution >= 0.6 is 0 Å². The number of carbonyl (C=O) groups excluding carboxylic acids is 2. The van der Waals surface area contributed by atoms with Gasteiger partial charge in [-0.3, -0.25) is 9.59 Å². The zero-order valence-corrected chi connectivity index (χ0v) is 19.7. The van der Waals surface area contributed by atoms with E-state index in [-0.39, 0.29) is 30.9 Å². The highest BCUT2D eigenvalue weighted by atomic mass is 16.5. The van der Waals surface area contributed by atoms with Crippen LogP contribution in [0.4, 0.5) is 4.79 Å². The van der Waals surface area contributed by atoms with Gasteiger partial charge in [-0.2, -0.15) is 0 Å². The normalized spacial score (nSPS) is 16.7. The second-order valence-corrected chi connectivity index (χ2v) is 9.81. The summed E-state index contributed by atoms with van der Waals surface area (Å²) in [5, 5.41) is 15.0. The Morgan fingerprint density at radius 3 is 2.12 bits per heavy atom. The van der Waals surface area contributed by atoms with E-state index < -0.39 is 23.5 Å². The molecule has 2 aliphatic rings. The van der Waals surface area contributed by atoms with Crippen LogP contribution in [0.3, 0.4) is 0 Å². The highest BCUT2D eigenvalue weighted by molar-refractivity contribution is 5.86. The Labute approximate surface area is 199 Å². The Kier molecular flexibility index (Phi) is 6.91. The largest absolute Gasteiger partial charge is 0.481 e. The van der Waals surface area contributed by atoms with Crippen molar-refractivity contribution in [3.05, 3.63) is 59.7 Å². The van der Waals surface area contributed by atoms with Crippen LogP contribution in [0.15, 0.2) is 48.5 Å². The minimum absolute atomic E-state index is 0.0652. The van der Waals surface area contributed by atoms with Gasteiger partial charge in [0.05, 0.1) is 5.41 Å². The van der Waals surface area contributed by atoms with Crippen LogP contribution in [0.25, 0.3) is 11.1 Å². The summed E-state index contributed by atoms with van der Waals surface area (Å²) in [5.74, 6) is -1.18. The number of ether oxygens (including phenoxy) is 1. The maximum atomic E-state index is 12.8. The van der Waals surface area contributed by atoms with E-state index in [9.17, 15) is 19.5 Å². The zero-order valence-electron chi connectivity index (χ0n) is 19.7. The molecule has 4 rings (SSSR count). The summed E-state index contributed by atoms with van der Waals surface area (Å²) >= 11 is 0. The molecule has 2 aromatic carbocycles. The lowest BCUT2D eigenvalue weighted by Crippen LogP contribution is -2.53. The molecule has 1 saturated carbocycles. The molecular weight excluding hydrogens is 432 g/mol. The standard InChI is InChI=1S/C27H32N2O5/c1-17(2)14-23(24(30)28-16-27(25(31)32)12-7-13-27)29-26(33)34-15-22-20-10-5-3-8-18(20)19-9-4-6-11-21(19)22/h3-6,8-11,17,22-23H,7,12-16H2,1-2H3,(H,28,30)(H,29,33)(H,31,32). The fourth-order valence-electron chi connectivity index (χ4n) is 4.93. The minimum Gasteiger partial charge on any atom is -0.481 e. The monoisotopic (exact) mass is 464 g/mol. The molecule has 0 spiro atoms. The topological polar surface area (TPSA) is 105 Å². The molecule has 1 atom stereocenters. The molecule has 1 unspecified atom stereocenters. The summed E-state index contributed by atoms with van der Waals surface area (Å²) in [6.07, 6.45) is 1.72. The highest BCUT2D eigenvalue weighted by Crippen LogP contribution is 2.44. The van der Waals surface area contributed by atoms with Crippen molar-refractivity contribution < 1.29 is 24.2 Å². The number of alkyl carbamates (subject to hydrolysis) is 1. The first-order valence-electron chi connectivity index (χ1n) is 11.9. The molecule has 1 fully saturated rings. The smallest absolute Gasteiger partial charge is 0.407 e. The van der Waals surface area contributed by atoms with Crippen molar-refractivity contribution in [3.63, 3.8) is 0 Å². The summed E-state index contributed by atoms with van der Waals surface area (Å²) < 4.78 is 5.59. The van der Waals surface area contributed by atoms with E-state index in [1.807, 2.05) is 38.1 Å². The molecule has 34 heavy (non-hydrogen) atoms. The predicted molar refractivity (Wildman–Crippen MR) is 128 cm³/mol. The summed E-state index contributed by atoms with van der Waals surface area (Å²) in [6.45, 7) is 4.16. The van der Waals surface area contributed by atoms with E-state index in [0.717, 1.165) is 28.7 Å². The molecule has 0 aromatic heterocycles. The number of nitrogens with one attached hydrogen (secondary N) is 2.